The molecule has 1 N–H and O–H groups in total. The number of H-pyrrole nitrogens is 1. The largest absolute Gasteiger partial charge is 0.494 e. The average molecular weight is 381 g/mol. The molecule has 1 amide bonds. The van der Waals surface area contributed by atoms with Crippen molar-refractivity contribution in [3.05, 3.63) is 64.1 Å². The van der Waals surface area contributed by atoms with Gasteiger partial charge in [0.05, 0.1) is 12.1 Å². The molecule has 0 saturated carbocycles. The second-order valence-electron chi connectivity index (χ2n) is 6.87. The van der Waals surface area contributed by atoms with Crippen LogP contribution in [0.3, 0.4) is 0 Å². The van der Waals surface area contributed by atoms with E-state index in [-0.39, 0.29) is 5.91 Å². The minimum atomic E-state index is -0.512. The second kappa shape index (κ2) is 7.90. The molecule has 2 aromatic carbocycles. The molecule has 1 aliphatic rings. The number of nitrogens with one attached hydrogen (secondary N) is 1. The number of aromatic nitrogens is 1. The number of ether oxygens (including phenoxy) is 1. The van der Waals surface area contributed by atoms with Crippen LogP contribution in [-0.4, -0.2) is 53.5 Å². The van der Waals surface area contributed by atoms with Gasteiger partial charge in [-0.25, -0.2) is 4.79 Å². The predicted molar refractivity (Wildman–Crippen MR) is 106 cm³/mol. The number of benzene rings is 2. The lowest BCUT2D eigenvalue weighted by atomic mass is 10.1. The lowest BCUT2D eigenvalue weighted by molar-refractivity contribution is 0.0628. The summed E-state index contributed by atoms with van der Waals surface area (Å²) in [7, 11) is 0. The average Bonchev–Trinajstić information content (AvgIpc) is 3.09. The van der Waals surface area contributed by atoms with Crippen molar-refractivity contribution in [1.82, 2.24) is 14.8 Å². The summed E-state index contributed by atoms with van der Waals surface area (Å²) in [5, 5.41) is 0. The van der Waals surface area contributed by atoms with Gasteiger partial charge in [-0.05, 0) is 42.8 Å². The summed E-state index contributed by atoms with van der Waals surface area (Å²) in [4.78, 5) is 30.9. The van der Waals surface area contributed by atoms with Crippen molar-refractivity contribution >= 4 is 17.0 Å². The first-order valence-corrected chi connectivity index (χ1v) is 9.48. The number of carbonyl (C=O) groups is 1. The van der Waals surface area contributed by atoms with Crippen molar-refractivity contribution in [2.75, 3.05) is 32.8 Å². The van der Waals surface area contributed by atoms with E-state index in [4.69, 9.17) is 9.15 Å². The summed E-state index contributed by atoms with van der Waals surface area (Å²) in [6.45, 7) is 6.50. The first kappa shape index (κ1) is 18.3. The highest BCUT2D eigenvalue weighted by atomic mass is 16.5. The molecule has 0 spiro atoms. The number of amides is 1. The number of oxazole rings is 1. The van der Waals surface area contributed by atoms with Gasteiger partial charge in [0.2, 0.25) is 0 Å². The number of aromatic amines is 1. The minimum Gasteiger partial charge on any atom is -0.494 e. The maximum absolute atomic E-state index is 12.8. The van der Waals surface area contributed by atoms with Gasteiger partial charge in [0.1, 0.15) is 5.75 Å². The highest BCUT2D eigenvalue weighted by Gasteiger charge is 2.22. The van der Waals surface area contributed by atoms with Crippen molar-refractivity contribution in [1.29, 1.82) is 0 Å². The fraction of sp³-hybridized carbons (Fsp3) is 0.333. The molecule has 1 fully saturated rings. The molecule has 4 rings (SSSR count). The van der Waals surface area contributed by atoms with Crippen LogP contribution in [0.5, 0.6) is 5.75 Å². The monoisotopic (exact) mass is 381 g/mol. The van der Waals surface area contributed by atoms with E-state index in [9.17, 15) is 9.59 Å². The zero-order valence-electron chi connectivity index (χ0n) is 15.8. The normalized spacial score (nSPS) is 15.1. The van der Waals surface area contributed by atoms with Crippen LogP contribution in [0.2, 0.25) is 0 Å². The van der Waals surface area contributed by atoms with Gasteiger partial charge in [-0.2, -0.15) is 0 Å². The van der Waals surface area contributed by atoms with Crippen LogP contribution in [-0.2, 0) is 6.54 Å². The van der Waals surface area contributed by atoms with Crippen LogP contribution < -0.4 is 10.5 Å². The van der Waals surface area contributed by atoms with Crippen molar-refractivity contribution in [2.24, 2.45) is 0 Å². The maximum atomic E-state index is 12.8. The molecule has 0 aliphatic carbocycles. The highest BCUT2D eigenvalue weighted by Crippen LogP contribution is 2.17. The number of piperazine rings is 1. The number of fused-ring (bicyclic) bond motifs is 1. The van der Waals surface area contributed by atoms with Crippen LogP contribution in [0.25, 0.3) is 11.1 Å². The molecular formula is C21H23N3O4. The van der Waals surface area contributed by atoms with Crippen LogP contribution in [0.4, 0.5) is 0 Å². The molecule has 1 aromatic heterocycles. The lowest BCUT2D eigenvalue weighted by Crippen LogP contribution is -2.48. The van der Waals surface area contributed by atoms with Gasteiger partial charge in [0.25, 0.3) is 5.91 Å². The van der Waals surface area contributed by atoms with E-state index in [1.807, 2.05) is 24.0 Å². The first-order chi connectivity index (χ1) is 13.6. The van der Waals surface area contributed by atoms with E-state index >= 15 is 0 Å². The maximum Gasteiger partial charge on any atom is 0.417 e. The van der Waals surface area contributed by atoms with E-state index in [1.165, 1.54) is 5.56 Å². The third-order valence-corrected chi connectivity index (χ3v) is 4.97. The van der Waals surface area contributed by atoms with E-state index in [0.29, 0.717) is 36.4 Å². The summed E-state index contributed by atoms with van der Waals surface area (Å²) in [6.07, 6.45) is 0. The molecule has 0 radical (unpaired) electrons. The van der Waals surface area contributed by atoms with Crippen molar-refractivity contribution in [3.8, 4) is 5.75 Å². The first-order valence-electron chi connectivity index (χ1n) is 9.48. The van der Waals surface area contributed by atoms with Gasteiger partial charge in [-0.15, -0.1) is 0 Å². The van der Waals surface area contributed by atoms with Crippen LogP contribution >= 0.6 is 0 Å². The molecule has 7 nitrogen and oxygen atoms in total. The van der Waals surface area contributed by atoms with E-state index in [0.717, 1.165) is 25.4 Å². The van der Waals surface area contributed by atoms with Gasteiger partial charge in [-0.3, -0.25) is 14.7 Å². The zero-order valence-corrected chi connectivity index (χ0v) is 15.8. The zero-order chi connectivity index (χ0) is 19.5. The van der Waals surface area contributed by atoms with E-state index in [1.54, 1.807) is 18.2 Å². The lowest BCUT2D eigenvalue weighted by Gasteiger charge is -2.34. The molecule has 0 bridgehead atoms. The topological polar surface area (TPSA) is 78.8 Å². The Balaban J connectivity index is 1.35. The summed E-state index contributed by atoms with van der Waals surface area (Å²) in [5.74, 6) is 0.352. The molecule has 0 atom stereocenters. The van der Waals surface area contributed by atoms with E-state index < -0.39 is 5.76 Å². The molecule has 1 aliphatic heterocycles. The number of nitrogens with zero attached hydrogens (tertiary/aromatic N) is 2. The van der Waals surface area contributed by atoms with Crippen LogP contribution in [0.1, 0.15) is 22.8 Å². The fourth-order valence-corrected chi connectivity index (χ4v) is 3.49. The molecule has 1 saturated heterocycles. The summed E-state index contributed by atoms with van der Waals surface area (Å²) < 4.78 is 10.5. The van der Waals surface area contributed by atoms with Gasteiger partial charge in [0.15, 0.2) is 5.58 Å². The third kappa shape index (κ3) is 3.94. The molecule has 0 unspecified atom stereocenters. The standard InChI is InChI=1S/C21H23N3O4/c1-2-27-17-6-3-15(4-7-17)14-23-9-11-24(12-10-23)20(25)16-5-8-19-18(13-16)22-21(26)28-19/h3-8,13H,2,9-12,14H2,1H3,(H,22,26). The smallest absolute Gasteiger partial charge is 0.417 e. The Morgan fingerprint density at radius 1 is 1.11 bits per heavy atom. The third-order valence-electron chi connectivity index (χ3n) is 4.97. The second-order valence-corrected chi connectivity index (χ2v) is 6.87. The summed E-state index contributed by atoms with van der Waals surface area (Å²) in [5.41, 5.74) is 2.80. The van der Waals surface area contributed by atoms with Crippen molar-refractivity contribution in [2.45, 2.75) is 13.5 Å². The van der Waals surface area contributed by atoms with Gasteiger partial charge < -0.3 is 14.1 Å². The minimum absolute atomic E-state index is 0.0235. The molecule has 28 heavy (non-hydrogen) atoms. The Kier molecular flexibility index (Phi) is 5.16. The predicted octanol–water partition coefficient (Wildman–Crippen LogP) is 2.48. The Hall–Kier alpha value is -3.06. The molecule has 7 heteroatoms. The molecule has 3 aromatic rings. The number of carbonyl (C=O) groups excluding carboxylic acids is 1. The Bertz CT molecular complexity index is 1010. The highest BCUT2D eigenvalue weighted by molar-refractivity contribution is 5.97. The number of rotatable bonds is 5. The number of hydrogen-bond acceptors (Lipinski definition) is 5. The number of hydrogen-bond donors (Lipinski definition) is 1. The van der Waals surface area contributed by atoms with E-state index in [2.05, 4.69) is 22.0 Å². The Morgan fingerprint density at radius 3 is 2.57 bits per heavy atom. The quantitative estimate of drug-likeness (QED) is 0.735. The van der Waals surface area contributed by atoms with Gasteiger partial charge in [-0.1, -0.05) is 12.1 Å². The SMILES string of the molecule is CCOc1ccc(CN2CCN(C(=O)c3ccc4oc(=O)[nH]c4c3)CC2)cc1. The van der Waals surface area contributed by atoms with Gasteiger partial charge in [0, 0.05) is 38.3 Å². The van der Waals surface area contributed by atoms with Gasteiger partial charge >= 0.3 is 5.76 Å². The van der Waals surface area contributed by atoms with Crippen LogP contribution in [0, 0.1) is 0 Å². The Labute approximate surface area is 162 Å². The van der Waals surface area contributed by atoms with Crippen molar-refractivity contribution in [3.63, 3.8) is 0 Å². The summed E-state index contributed by atoms with van der Waals surface area (Å²) in [6, 6.07) is 13.2. The Morgan fingerprint density at radius 2 is 1.86 bits per heavy atom. The van der Waals surface area contributed by atoms with Crippen LogP contribution in [0.15, 0.2) is 51.7 Å². The fourth-order valence-electron chi connectivity index (χ4n) is 3.49. The molecular weight excluding hydrogens is 358 g/mol. The molecule has 146 valence electrons. The van der Waals surface area contributed by atoms with Crippen molar-refractivity contribution < 1.29 is 13.9 Å². The summed E-state index contributed by atoms with van der Waals surface area (Å²) >= 11 is 0. The molecule has 2 heterocycles.